The van der Waals surface area contributed by atoms with Crippen LogP contribution >= 0.6 is 0 Å². The molecular weight excluding hydrogens is 306 g/mol. The first kappa shape index (κ1) is 17.2. The number of halogens is 6. The summed E-state index contributed by atoms with van der Waals surface area (Å²) in [7, 11) is 0. The molecule has 1 aromatic carbocycles. The summed E-state index contributed by atoms with van der Waals surface area (Å²) < 4.78 is 77.7. The van der Waals surface area contributed by atoms with E-state index in [1.165, 1.54) is 19.9 Å². The molecule has 0 atom stereocenters. The van der Waals surface area contributed by atoms with Crippen LogP contribution in [0, 0.1) is 12.3 Å². The first-order chi connectivity index (χ1) is 9.94. The van der Waals surface area contributed by atoms with E-state index >= 15 is 0 Å². The zero-order chi connectivity index (χ0) is 16.8. The van der Waals surface area contributed by atoms with Crippen LogP contribution in [0.1, 0.15) is 55.2 Å². The molecule has 1 aliphatic rings. The summed E-state index contributed by atoms with van der Waals surface area (Å²) in [4.78, 5) is 0. The summed E-state index contributed by atoms with van der Waals surface area (Å²) in [5.41, 5.74) is -1.80. The van der Waals surface area contributed by atoms with Crippen molar-refractivity contribution < 1.29 is 26.3 Å². The summed E-state index contributed by atoms with van der Waals surface area (Å²) in [6.45, 7) is 2.58. The van der Waals surface area contributed by atoms with E-state index in [1.807, 2.05) is 0 Å². The maximum Gasteiger partial charge on any atom is 0.416 e. The number of rotatable bonds is 1. The van der Waals surface area contributed by atoms with Gasteiger partial charge >= 0.3 is 12.4 Å². The zero-order valence-electron chi connectivity index (χ0n) is 12.4. The fraction of sp³-hybridized carbons (Fsp3) is 0.625. The molecule has 0 saturated heterocycles. The van der Waals surface area contributed by atoms with Crippen LogP contribution in [0.25, 0.3) is 0 Å². The summed E-state index contributed by atoms with van der Waals surface area (Å²) in [6, 6.07) is 4.09. The predicted molar refractivity (Wildman–Crippen MR) is 71.6 cm³/mol. The fourth-order valence-corrected chi connectivity index (χ4v) is 3.07. The van der Waals surface area contributed by atoms with Crippen molar-refractivity contribution in [3.05, 3.63) is 34.9 Å². The molecule has 1 aliphatic carbocycles. The molecule has 0 nitrogen and oxygen atoms in total. The normalized spacial score (nSPS) is 27.0. The molecule has 0 heterocycles. The zero-order valence-corrected chi connectivity index (χ0v) is 12.4. The Balaban J connectivity index is 2.19. The van der Waals surface area contributed by atoms with Gasteiger partial charge < -0.3 is 0 Å². The third-order valence-electron chi connectivity index (χ3n) is 4.81. The highest BCUT2D eigenvalue weighted by Gasteiger charge is 2.52. The van der Waals surface area contributed by atoms with Gasteiger partial charge in [-0.2, -0.15) is 26.3 Å². The quantitative estimate of drug-likeness (QED) is 0.536. The van der Waals surface area contributed by atoms with Crippen LogP contribution in [0.15, 0.2) is 18.2 Å². The van der Waals surface area contributed by atoms with Crippen molar-refractivity contribution in [1.29, 1.82) is 0 Å². The van der Waals surface area contributed by atoms with E-state index in [0.717, 1.165) is 6.07 Å². The smallest absolute Gasteiger partial charge is 0.171 e. The lowest BCUT2D eigenvalue weighted by Crippen LogP contribution is -2.38. The monoisotopic (exact) mass is 324 g/mol. The third-order valence-corrected chi connectivity index (χ3v) is 4.81. The van der Waals surface area contributed by atoms with Crippen LogP contribution < -0.4 is 0 Å². The lowest BCUT2D eigenvalue weighted by atomic mass is 9.69. The molecule has 22 heavy (non-hydrogen) atoms. The van der Waals surface area contributed by atoms with E-state index < -0.39 is 23.3 Å². The molecular formula is C16H18F6. The first-order valence-electron chi connectivity index (χ1n) is 7.18. The minimum absolute atomic E-state index is 0.0452. The van der Waals surface area contributed by atoms with Gasteiger partial charge in [0.1, 0.15) is 0 Å². The van der Waals surface area contributed by atoms with E-state index in [-0.39, 0.29) is 37.2 Å². The van der Waals surface area contributed by atoms with Gasteiger partial charge in [-0.1, -0.05) is 19.1 Å². The molecule has 0 aromatic heterocycles. The Bertz CT molecular complexity index is 533. The number of benzene rings is 1. The SMILES string of the molecule is Cc1ccc(C2CCC(C)(C(F)(F)F)CC2)cc1C(F)(F)F. The second-order valence-electron chi connectivity index (χ2n) is 6.40. The lowest BCUT2D eigenvalue weighted by Gasteiger charge is -2.39. The molecule has 1 aromatic rings. The predicted octanol–water partition coefficient (Wildman–Crippen LogP) is 6.24. The summed E-state index contributed by atoms with van der Waals surface area (Å²) in [5, 5.41) is 0. The molecule has 0 radical (unpaired) electrons. The second-order valence-corrected chi connectivity index (χ2v) is 6.40. The Morgan fingerprint density at radius 2 is 1.55 bits per heavy atom. The molecule has 1 saturated carbocycles. The van der Waals surface area contributed by atoms with Crippen molar-refractivity contribution in [2.24, 2.45) is 5.41 Å². The molecule has 0 amide bonds. The van der Waals surface area contributed by atoms with Crippen LogP contribution in [0.5, 0.6) is 0 Å². The Morgan fingerprint density at radius 3 is 2.00 bits per heavy atom. The molecule has 0 spiro atoms. The van der Waals surface area contributed by atoms with Crippen LogP contribution in [0.4, 0.5) is 26.3 Å². The third kappa shape index (κ3) is 3.25. The highest BCUT2D eigenvalue weighted by atomic mass is 19.4. The maximum atomic E-state index is 13.0. The van der Waals surface area contributed by atoms with Gasteiger partial charge in [-0.15, -0.1) is 0 Å². The maximum absolute atomic E-state index is 13.0. The minimum Gasteiger partial charge on any atom is -0.171 e. The lowest BCUT2D eigenvalue weighted by molar-refractivity contribution is -0.228. The first-order valence-corrected chi connectivity index (χ1v) is 7.18. The summed E-state index contributed by atoms with van der Waals surface area (Å²) in [6.07, 6.45) is -8.27. The number of hydrogen-bond donors (Lipinski definition) is 0. The van der Waals surface area contributed by atoms with Crippen LogP contribution in [0.2, 0.25) is 0 Å². The number of aryl methyl sites for hydroxylation is 1. The van der Waals surface area contributed by atoms with Crippen molar-refractivity contribution in [3.8, 4) is 0 Å². The van der Waals surface area contributed by atoms with Crippen molar-refractivity contribution in [3.63, 3.8) is 0 Å². The van der Waals surface area contributed by atoms with Crippen molar-refractivity contribution >= 4 is 0 Å². The molecule has 124 valence electrons. The Morgan fingerprint density at radius 1 is 1.00 bits per heavy atom. The topological polar surface area (TPSA) is 0 Å². The molecule has 0 aliphatic heterocycles. The van der Waals surface area contributed by atoms with E-state index in [4.69, 9.17) is 0 Å². The highest BCUT2D eigenvalue weighted by Crippen LogP contribution is 2.52. The standard InChI is InChI=1S/C16H18F6/c1-10-3-4-12(9-13(10)15(17,18)19)11-5-7-14(2,8-6-11)16(20,21)22/h3-4,9,11H,5-8H2,1-2H3. The van der Waals surface area contributed by atoms with Crippen LogP contribution in [-0.4, -0.2) is 6.18 Å². The minimum atomic E-state index is -4.44. The van der Waals surface area contributed by atoms with Gasteiger partial charge in [0, 0.05) is 0 Å². The molecule has 6 heteroatoms. The molecule has 1 fully saturated rings. The Kier molecular flexibility index (Phi) is 4.26. The second kappa shape index (κ2) is 5.46. The highest BCUT2D eigenvalue weighted by molar-refractivity contribution is 5.35. The average molecular weight is 324 g/mol. The Hall–Kier alpha value is -1.20. The summed E-state index contributed by atoms with van der Waals surface area (Å²) >= 11 is 0. The van der Waals surface area contributed by atoms with E-state index in [1.54, 1.807) is 6.07 Å². The van der Waals surface area contributed by atoms with E-state index in [2.05, 4.69) is 0 Å². The van der Waals surface area contributed by atoms with Crippen LogP contribution in [0.3, 0.4) is 0 Å². The molecule has 2 rings (SSSR count). The van der Waals surface area contributed by atoms with E-state index in [9.17, 15) is 26.3 Å². The van der Waals surface area contributed by atoms with Gasteiger partial charge in [0.2, 0.25) is 0 Å². The Labute approximate surface area is 125 Å². The van der Waals surface area contributed by atoms with Gasteiger partial charge in [-0.05, 0) is 55.7 Å². The van der Waals surface area contributed by atoms with Crippen molar-refractivity contribution in [2.45, 2.75) is 57.8 Å². The van der Waals surface area contributed by atoms with Gasteiger partial charge in [0.15, 0.2) is 0 Å². The molecule has 0 N–H and O–H groups in total. The molecule has 0 unspecified atom stereocenters. The van der Waals surface area contributed by atoms with Gasteiger partial charge in [-0.25, -0.2) is 0 Å². The van der Waals surface area contributed by atoms with Gasteiger partial charge in [-0.3, -0.25) is 0 Å². The largest absolute Gasteiger partial charge is 0.416 e. The van der Waals surface area contributed by atoms with Crippen LogP contribution in [-0.2, 0) is 6.18 Å². The summed E-state index contributed by atoms with van der Waals surface area (Å²) in [5.74, 6) is -0.239. The molecule has 0 bridgehead atoms. The van der Waals surface area contributed by atoms with E-state index in [0.29, 0.717) is 5.56 Å². The number of hydrogen-bond acceptors (Lipinski definition) is 0. The number of alkyl halides is 6. The average Bonchev–Trinajstić information content (AvgIpc) is 2.38. The van der Waals surface area contributed by atoms with Crippen molar-refractivity contribution in [2.75, 3.05) is 0 Å². The van der Waals surface area contributed by atoms with Crippen molar-refractivity contribution in [1.82, 2.24) is 0 Å². The van der Waals surface area contributed by atoms with Gasteiger partial charge in [0.05, 0.1) is 11.0 Å². The fourth-order valence-electron chi connectivity index (χ4n) is 3.07. The van der Waals surface area contributed by atoms with Gasteiger partial charge in [0.25, 0.3) is 0 Å².